The molecule has 2 aromatic carbocycles. The fraction of sp³-hybridized carbons (Fsp3) is 0.435. The van der Waals surface area contributed by atoms with Crippen LogP contribution in [0.3, 0.4) is 0 Å². The summed E-state index contributed by atoms with van der Waals surface area (Å²) >= 11 is 0. The molecule has 2 aromatic rings. The van der Waals surface area contributed by atoms with Crippen molar-refractivity contribution in [3.05, 3.63) is 70.8 Å². The van der Waals surface area contributed by atoms with Gasteiger partial charge in [0.2, 0.25) is 5.91 Å². The van der Waals surface area contributed by atoms with Gasteiger partial charge < -0.3 is 20.5 Å². The Morgan fingerprint density at radius 1 is 1.06 bits per heavy atom. The van der Waals surface area contributed by atoms with E-state index in [9.17, 15) is 31.1 Å². The van der Waals surface area contributed by atoms with E-state index in [0.29, 0.717) is 24.2 Å². The molecule has 0 saturated carbocycles. The Kier molecular flexibility index (Phi) is 10.6. The average Bonchev–Trinajstić information content (AvgIpc) is 2.80. The molecule has 3 rings (SSSR count). The Hall–Kier alpha value is -2.38. The van der Waals surface area contributed by atoms with Crippen molar-refractivity contribution in [2.75, 3.05) is 32.8 Å². The third kappa shape index (κ3) is 8.07. The number of halogens is 7. The van der Waals surface area contributed by atoms with Crippen LogP contribution in [0.2, 0.25) is 0 Å². The summed E-state index contributed by atoms with van der Waals surface area (Å²) in [5.41, 5.74) is 2.97. The standard InChI is InChI=1S/C23H25F6N3O3.ClH/c24-22(25,26)17-10-15(11-18(12-17)23(27,28)29)14-35-21-20(16-4-2-1-3-5-16)32(8-9-34-21)13-19(33)31-7-6-30;/h1-5,10-12,20-21H,6-9,13-14,30H2,(H,31,33);1H/t20-,21+;/m0./s1. The van der Waals surface area contributed by atoms with Crippen LogP contribution in [0, 0.1) is 0 Å². The predicted octanol–water partition coefficient (Wildman–Crippen LogP) is 4.14. The molecule has 1 fully saturated rings. The quantitative estimate of drug-likeness (QED) is 0.491. The topological polar surface area (TPSA) is 76.8 Å². The Morgan fingerprint density at radius 2 is 1.67 bits per heavy atom. The van der Waals surface area contributed by atoms with Gasteiger partial charge in [0, 0.05) is 19.6 Å². The molecule has 3 N–H and O–H groups in total. The highest BCUT2D eigenvalue weighted by Gasteiger charge is 2.38. The van der Waals surface area contributed by atoms with E-state index in [1.165, 1.54) is 0 Å². The highest BCUT2D eigenvalue weighted by molar-refractivity contribution is 5.85. The van der Waals surface area contributed by atoms with Crippen LogP contribution < -0.4 is 11.1 Å². The highest BCUT2D eigenvalue weighted by atomic mass is 35.5. The van der Waals surface area contributed by atoms with Gasteiger partial charge in [-0.15, -0.1) is 12.4 Å². The van der Waals surface area contributed by atoms with Crippen molar-refractivity contribution >= 4 is 18.3 Å². The maximum atomic E-state index is 13.2. The molecule has 1 aliphatic heterocycles. The van der Waals surface area contributed by atoms with E-state index >= 15 is 0 Å². The lowest BCUT2D eigenvalue weighted by molar-refractivity contribution is -0.216. The van der Waals surface area contributed by atoms with E-state index in [-0.39, 0.29) is 56.2 Å². The number of carbonyl (C=O) groups excluding carboxylic acids is 1. The first kappa shape index (κ1) is 29.8. The van der Waals surface area contributed by atoms with E-state index < -0.39 is 42.4 Å². The van der Waals surface area contributed by atoms with E-state index in [2.05, 4.69) is 5.32 Å². The van der Waals surface area contributed by atoms with Gasteiger partial charge in [-0.25, -0.2) is 0 Å². The van der Waals surface area contributed by atoms with Gasteiger partial charge in [-0.2, -0.15) is 26.3 Å². The van der Waals surface area contributed by atoms with Gasteiger partial charge in [0.1, 0.15) is 0 Å². The number of benzene rings is 2. The molecule has 2 atom stereocenters. The zero-order valence-corrected chi connectivity index (χ0v) is 19.8. The molecule has 0 spiro atoms. The number of ether oxygens (including phenoxy) is 2. The number of carbonyl (C=O) groups is 1. The minimum absolute atomic E-state index is 0. The molecule has 0 radical (unpaired) electrons. The number of nitrogens with one attached hydrogen (secondary N) is 1. The molecule has 36 heavy (non-hydrogen) atoms. The van der Waals surface area contributed by atoms with Crippen molar-refractivity contribution in [3.8, 4) is 0 Å². The summed E-state index contributed by atoms with van der Waals surface area (Å²) in [6.07, 6.45) is -11.0. The zero-order valence-electron chi connectivity index (χ0n) is 18.9. The van der Waals surface area contributed by atoms with Crippen molar-refractivity contribution in [3.63, 3.8) is 0 Å². The lowest BCUT2D eigenvalue weighted by Gasteiger charge is -2.40. The molecule has 1 saturated heterocycles. The molecule has 0 unspecified atom stereocenters. The SMILES string of the molecule is Cl.NCCNC(=O)CN1CCO[C@H](OCc2cc(C(F)(F)F)cc(C(F)(F)F)c2)[C@@H]1c1ccccc1. The summed E-state index contributed by atoms with van der Waals surface area (Å²) < 4.78 is 90.6. The van der Waals surface area contributed by atoms with Crippen LogP contribution >= 0.6 is 12.4 Å². The summed E-state index contributed by atoms with van der Waals surface area (Å²) in [6, 6.07) is 9.52. The lowest BCUT2D eigenvalue weighted by atomic mass is 10.0. The van der Waals surface area contributed by atoms with E-state index in [4.69, 9.17) is 15.2 Å². The first-order valence-corrected chi connectivity index (χ1v) is 10.8. The first-order chi connectivity index (χ1) is 16.5. The van der Waals surface area contributed by atoms with Gasteiger partial charge in [0.25, 0.3) is 0 Å². The minimum atomic E-state index is -4.96. The van der Waals surface area contributed by atoms with Gasteiger partial charge in [-0.05, 0) is 29.3 Å². The molecule has 0 bridgehead atoms. The van der Waals surface area contributed by atoms with Crippen LogP contribution in [0.15, 0.2) is 48.5 Å². The molecule has 0 aliphatic carbocycles. The van der Waals surface area contributed by atoms with Gasteiger partial charge in [0.15, 0.2) is 6.29 Å². The zero-order chi connectivity index (χ0) is 25.6. The van der Waals surface area contributed by atoms with Gasteiger partial charge in [-0.1, -0.05) is 30.3 Å². The van der Waals surface area contributed by atoms with Gasteiger partial charge in [-0.3, -0.25) is 9.69 Å². The van der Waals surface area contributed by atoms with Crippen LogP contribution in [-0.2, 0) is 33.2 Å². The molecular weight excluding hydrogens is 516 g/mol. The van der Waals surface area contributed by atoms with Gasteiger partial charge >= 0.3 is 12.4 Å². The number of nitrogens with two attached hydrogens (primary N) is 1. The number of amides is 1. The summed E-state index contributed by atoms with van der Waals surface area (Å²) in [5.74, 6) is -0.287. The number of alkyl halides is 6. The summed E-state index contributed by atoms with van der Waals surface area (Å²) in [7, 11) is 0. The molecule has 6 nitrogen and oxygen atoms in total. The van der Waals surface area contributed by atoms with Crippen molar-refractivity contribution < 1.29 is 40.6 Å². The largest absolute Gasteiger partial charge is 0.416 e. The fourth-order valence-corrected chi connectivity index (χ4v) is 3.76. The number of morpholine rings is 1. The van der Waals surface area contributed by atoms with Crippen LogP contribution in [0.25, 0.3) is 0 Å². The summed E-state index contributed by atoms with van der Waals surface area (Å²) in [4.78, 5) is 14.1. The summed E-state index contributed by atoms with van der Waals surface area (Å²) in [6.45, 7) is 0.473. The first-order valence-electron chi connectivity index (χ1n) is 10.8. The average molecular weight is 542 g/mol. The fourth-order valence-electron chi connectivity index (χ4n) is 3.76. The normalized spacial score (nSPS) is 19.0. The Morgan fingerprint density at radius 3 is 2.22 bits per heavy atom. The summed E-state index contributed by atoms with van der Waals surface area (Å²) in [5, 5.41) is 2.66. The third-order valence-corrected chi connectivity index (χ3v) is 5.33. The van der Waals surface area contributed by atoms with E-state index in [1.807, 2.05) is 0 Å². The molecule has 1 aliphatic rings. The van der Waals surface area contributed by atoms with Gasteiger partial charge in [0.05, 0.1) is 36.9 Å². The highest BCUT2D eigenvalue weighted by Crippen LogP contribution is 2.37. The van der Waals surface area contributed by atoms with Crippen molar-refractivity contribution in [1.82, 2.24) is 10.2 Å². The predicted molar refractivity (Wildman–Crippen MR) is 121 cm³/mol. The second-order valence-corrected chi connectivity index (χ2v) is 7.93. The number of rotatable bonds is 8. The third-order valence-electron chi connectivity index (χ3n) is 5.33. The molecule has 1 amide bonds. The second-order valence-electron chi connectivity index (χ2n) is 7.93. The molecule has 1 heterocycles. The smallest absolute Gasteiger partial charge is 0.354 e. The van der Waals surface area contributed by atoms with Crippen molar-refractivity contribution in [2.24, 2.45) is 5.73 Å². The maximum Gasteiger partial charge on any atom is 0.416 e. The Labute approximate surface area is 210 Å². The molecule has 0 aromatic heterocycles. The van der Waals surface area contributed by atoms with Crippen LogP contribution in [0.4, 0.5) is 26.3 Å². The van der Waals surface area contributed by atoms with Crippen molar-refractivity contribution in [1.29, 1.82) is 0 Å². The van der Waals surface area contributed by atoms with E-state index in [0.717, 1.165) is 0 Å². The number of hydrogen-bond acceptors (Lipinski definition) is 5. The molecular formula is C23H26ClF6N3O3. The number of hydrogen-bond donors (Lipinski definition) is 2. The molecule has 200 valence electrons. The van der Waals surface area contributed by atoms with E-state index in [1.54, 1.807) is 35.2 Å². The Balaban J connectivity index is 0.00000456. The Bertz CT molecular complexity index is 959. The maximum absolute atomic E-state index is 13.2. The minimum Gasteiger partial charge on any atom is -0.354 e. The van der Waals surface area contributed by atoms with Crippen LogP contribution in [0.5, 0.6) is 0 Å². The van der Waals surface area contributed by atoms with Crippen molar-refractivity contribution in [2.45, 2.75) is 31.3 Å². The second kappa shape index (κ2) is 12.7. The van der Waals surface area contributed by atoms with Crippen LogP contribution in [0.1, 0.15) is 28.3 Å². The lowest BCUT2D eigenvalue weighted by Crippen LogP contribution is -2.50. The molecule has 13 heteroatoms. The number of nitrogens with zero attached hydrogens (tertiary/aromatic N) is 1. The monoisotopic (exact) mass is 541 g/mol. The van der Waals surface area contributed by atoms with Crippen LogP contribution in [-0.4, -0.2) is 49.9 Å².